The van der Waals surface area contributed by atoms with Crippen LogP contribution in [0.2, 0.25) is 0 Å². The molecule has 0 aromatic rings. The fourth-order valence-corrected chi connectivity index (χ4v) is 2.75. The SMILES string of the molecule is CN(C)[C@@H]1CC[C@]12CCNC2. The van der Waals surface area contributed by atoms with Gasteiger partial charge in [-0.05, 0) is 45.3 Å². The molecule has 2 atom stereocenters. The number of hydrogen-bond acceptors (Lipinski definition) is 2. The Morgan fingerprint density at radius 1 is 1.36 bits per heavy atom. The van der Waals surface area contributed by atoms with E-state index in [1.807, 2.05) is 0 Å². The minimum atomic E-state index is 0.670. The molecule has 1 heterocycles. The molecule has 1 N–H and O–H groups in total. The van der Waals surface area contributed by atoms with Gasteiger partial charge in [0.15, 0.2) is 0 Å². The zero-order chi connectivity index (χ0) is 7.90. The first-order valence-electron chi connectivity index (χ1n) is 4.62. The van der Waals surface area contributed by atoms with Crippen LogP contribution in [0.25, 0.3) is 0 Å². The van der Waals surface area contributed by atoms with Crippen molar-refractivity contribution in [1.29, 1.82) is 0 Å². The molecule has 0 bridgehead atoms. The van der Waals surface area contributed by atoms with Gasteiger partial charge in [-0.25, -0.2) is 0 Å². The maximum absolute atomic E-state index is 3.47. The van der Waals surface area contributed by atoms with Crippen molar-refractivity contribution in [1.82, 2.24) is 10.2 Å². The van der Waals surface area contributed by atoms with Crippen molar-refractivity contribution in [3.05, 3.63) is 0 Å². The van der Waals surface area contributed by atoms with E-state index in [1.165, 1.54) is 32.4 Å². The lowest BCUT2D eigenvalue weighted by Crippen LogP contribution is -2.53. The molecular formula is C9H18N2. The number of nitrogens with zero attached hydrogens (tertiary/aromatic N) is 1. The van der Waals surface area contributed by atoms with Crippen molar-refractivity contribution in [2.24, 2.45) is 5.41 Å². The lowest BCUT2D eigenvalue weighted by atomic mass is 9.63. The Morgan fingerprint density at radius 3 is 2.55 bits per heavy atom. The third kappa shape index (κ3) is 1.00. The second kappa shape index (κ2) is 2.46. The average Bonchev–Trinajstić information content (AvgIpc) is 2.31. The maximum atomic E-state index is 3.47. The molecule has 0 aromatic carbocycles. The summed E-state index contributed by atoms with van der Waals surface area (Å²) in [4.78, 5) is 2.40. The normalized spacial score (nSPS) is 43.4. The summed E-state index contributed by atoms with van der Waals surface area (Å²) in [7, 11) is 4.42. The van der Waals surface area contributed by atoms with Crippen LogP contribution in [-0.2, 0) is 0 Å². The third-order valence-electron chi connectivity index (χ3n) is 3.52. The predicted octanol–water partition coefficient (Wildman–Crippen LogP) is 0.690. The first-order chi connectivity index (χ1) is 5.25. The van der Waals surface area contributed by atoms with Crippen LogP contribution < -0.4 is 5.32 Å². The minimum Gasteiger partial charge on any atom is -0.316 e. The number of rotatable bonds is 1. The van der Waals surface area contributed by atoms with Gasteiger partial charge in [-0.1, -0.05) is 0 Å². The van der Waals surface area contributed by atoms with Gasteiger partial charge in [-0.2, -0.15) is 0 Å². The van der Waals surface area contributed by atoms with Crippen LogP contribution in [0, 0.1) is 5.41 Å². The molecule has 2 heteroatoms. The summed E-state index contributed by atoms with van der Waals surface area (Å²) in [6.07, 6.45) is 4.26. The first-order valence-corrected chi connectivity index (χ1v) is 4.62. The molecule has 0 aromatic heterocycles. The third-order valence-corrected chi connectivity index (χ3v) is 3.52. The van der Waals surface area contributed by atoms with Crippen LogP contribution in [-0.4, -0.2) is 38.1 Å². The lowest BCUT2D eigenvalue weighted by molar-refractivity contribution is 0.0162. The van der Waals surface area contributed by atoms with Gasteiger partial charge in [-0.3, -0.25) is 0 Å². The Morgan fingerprint density at radius 2 is 2.18 bits per heavy atom. The van der Waals surface area contributed by atoms with Crippen molar-refractivity contribution in [2.75, 3.05) is 27.2 Å². The highest BCUT2D eigenvalue weighted by atomic mass is 15.1. The van der Waals surface area contributed by atoms with E-state index in [0.717, 1.165) is 6.04 Å². The molecular weight excluding hydrogens is 136 g/mol. The molecule has 0 amide bonds. The van der Waals surface area contributed by atoms with Crippen molar-refractivity contribution < 1.29 is 0 Å². The Bertz CT molecular complexity index is 148. The second-order valence-electron chi connectivity index (χ2n) is 4.31. The van der Waals surface area contributed by atoms with E-state index in [9.17, 15) is 0 Å². The Balaban J connectivity index is 2.03. The van der Waals surface area contributed by atoms with E-state index >= 15 is 0 Å². The van der Waals surface area contributed by atoms with Crippen LogP contribution >= 0.6 is 0 Å². The molecule has 2 fully saturated rings. The molecule has 1 aliphatic carbocycles. The van der Waals surface area contributed by atoms with E-state index in [1.54, 1.807) is 0 Å². The van der Waals surface area contributed by atoms with Gasteiger partial charge in [-0.15, -0.1) is 0 Å². The van der Waals surface area contributed by atoms with Gasteiger partial charge < -0.3 is 10.2 Å². The van der Waals surface area contributed by atoms with Crippen LogP contribution in [0.1, 0.15) is 19.3 Å². The monoisotopic (exact) mass is 154 g/mol. The van der Waals surface area contributed by atoms with Crippen molar-refractivity contribution in [2.45, 2.75) is 25.3 Å². The fourth-order valence-electron chi connectivity index (χ4n) is 2.75. The largest absolute Gasteiger partial charge is 0.316 e. The summed E-state index contributed by atoms with van der Waals surface area (Å²) in [6, 6.07) is 0.859. The molecule has 1 saturated heterocycles. The standard InChI is InChI=1S/C9H18N2/c1-11(2)8-3-4-9(8)5-6-10-7-9/h8,10H,3-7H2,1-2H3/t8-,9-/m1/s1. The lowest BCUT2D eigenvalue weighted by Gasteiger charge is -2.50. The molecule has 0 radical (unpaired) electrons. The average molecular weight is 154 g/mol. The zero-order valence-corrected chi connectivity index (χ0v) is 7.56. The van der Waals surface area contributed by atoms with E-state index in [4.69, 9.17) is 0 Å². The van der Waals surface area contributed by atoms with Crippen LogP contribution in [0.5, 0.6) is 0 Å². The van der Waals surface area contributed by atoms with Crippen LogP contribution in [0.15, 0.2) is 0 Å². The van der Waals surface area contributed by atoms with E-state index in [0.29, 0.717) is 5.41 Å². The molecule has 2 rings (SSSR count). The fraction of sp³-hybridized carbons (Fsp3) is 1.00. The summed E-state index contributed by atoms with van der Waals surface area (Å²) >= 11 is 0. The Labute approximate surface area is 69.0 Å². The summed E-state index contributed by atoms with van der Waals surface area (Å²) in [5.74, 6) is 0. The van der Waals surface area contributed by atoms with Gasteiger partial charge in [0, 0.05) is 12.6 Å². The van der Waals surface area contributed by atoms with Crippen molar-refractivity contribution >= 4 is 0 Å². The van der Waals surface area contributed by atoms with Crippen LogP contribution in [0.3, 0.4) is 0 Å². The van der Waals surface area contributed by atoms with Gasteiger partial charge in [0.1, 0.15) is 0 Å². The molecule has 64 valence electrons. The molecule has 1 spiro atoms. The number of hydrogen-bond donors (Lipinski definition) is 1. The first kappa shape index (κ1) is 7.56. The van der Waals surface area contributed by atoms with Crippen molar-refractivity contribution in [3.63, 3.8) is 0 Å². The molecule has 2 aliphatic rings. The van der Waals surface area contributed by atoms with Gasteiger partial charge >= 0.3 is 0 Å². The number of nitrogens with one attached hydrogen (secondary N) is 1. The topological polar surface area (TPSA) is 15.3 Å². The summed E-state index contributed by atoms with van der Waals surface area (Å²) in [6.45, 7) is 2.50. The van der Waals surface area contributed by atoms with Crippen molar-refractivity contribution in [3.8, 4) is 0 Å². The summed E-state index contributed by atoms with van der Waals surface area (Å²) in [5.41, 5.74) is 0.670. The molecule has 2 nitrogen and oxygen atoms in total. The van der Waals surface area contributed by atoms with Gasteiger partial charge in [0.25, 0.3) is 0 Å². The maximum Gasteiger partial charge on any atom is 0.0158 e. The summed E-state index contributed by atoms with van der Waals surface area (Å²) in [5, 5.41) is 3.47. The van der Waals surface area contributed by atoms with E-state index in [-0.39, 0.29) is 0 Å². The molecule has 1 aliphatic heterocycles. The quantitative estimate of drug-likeness (QED) is 0.598. The van der Waals surface area contributed by atoms with Gasteiger partial charge in [0.05, 0.1) is 0 Å². The van der Waals surface area contributed by atoms with Gasteiger partial charge in [0.2, 0.25) is 0 Å². The van der Waals surface area contributed by atoms with Crippen LogP contribution in [0.4, 0.5) is 0 Å². The Hall–Kier alpha value is -0.0800. The Kier molecular flexibility index (Phi) is 1.69. The molecule has 1 saturated carbocycles. The summed E-state index contributed by atoms with van der Waals surface area (Å²) < 4.78 is 0. The highest BCUT2D eigenvalue weighted by Crippen LogP contribution is 2.47. The molecule has 11 heavy (non-hydrogen) atoms. The predicted molar refractivity (Wildman–Crippen MR) is 46.6 cm³/mol. The smallest absolute Gasteiger partial charge is 0.0158 e. The molecule has 0 unspecified atom stereocenters. The second-order valence-corrected chi connectivity index (χ2v) is 4.31. The van der Waals surface area contributed by atoms with E-state index in [2.05, 4.69) is 24.3 Å². The zero-order valence-electron chi connectivity index (χ0n) is 7.56. The minimum absolute atomic E-state index is 0.670. The van der Waals surface area contributed by atoms with E-state index < -0.39 is 0 Å². The highest BCUT2D eigenvalue weighted by molar-refractivity contribution is 5.04. The highest BCUT2D eigenvalue weighted by Gasteiger charge is 2.48.